The lowest BCUT2D eigenvalue weighted by molar-refractivity contribution is 0.103. The Labute approximate surface area is 197 Å². The SMILES string of the molecule is Cc1c(OCc2ccc(C(=O)c3ccc(OC(=O)N(C)C)cc3)cc2)nc2n(c1=O)CCCC2. The number of carbonyl (C=O) groups is 2. The first-order chi connectivity index (χ1) is 16.3. The van der Waals surface area contributed by atoms with Gasteiger partial charge < -0.3 is 14.4 Å². The molecule has 0 bridgehead atoms. The van der Waals surface area contributed by atoms with Crippen molar-refractivity contribution >= 4 is 11.9 Å². The number of nitrogens with zero attached hydrogens (tertiary/aromatic N) is 3. The van der Waals surface area contributed by atoms with Crippen molar-refractivity contribution in [1.82, 2.24) is 14.5 Å². The van der Waals surface area contributed by atoms with Crippen LogP contribution in [-0.2, 0) is 19.6 Å². The van der Waals surface area contributed by atoms with Crippen LogP contribution in [0.15, 0.2) is 53.3 Å². The topological polar surface area (TPSA) is 90.7 Å². The van der Waals surface area contributed by atoms with Crippen LogP contribution in [0.2, 0.25) is 0 Å². The standard InChI is InChI=1S/C26H27N3O5/c1-17-24(27-22-6-4-5-15-29(22)25(17)31)33-16-18-7-9-19(10-8-18)23(30)20-11-13-21(14-12-20)34-26(32)28(2)3/h7-14H,4-6,15-16H2,1-3H3. The van der Waals surface area contributed by atoms with E-state index < -0.39 is 6.09 Å². The summed E-state index contributed by atoms with van der Waals surface area (Å²) in [7, 11) is 3.19. The fourth-order valence-electron chi connectivity index (χ4n) is 3.72. The minimum absolute atomic E-state index is 0.0388. The lowest BCUT2D eigenvalue weighted by atomic mass is 10.0. The maximum Gasteiger partial charge on any atom is 0.414 e. The Bertz CT molecular complexity index is 1260. The van der Waals surface area contributed by atoms with Crippen LogP contribution in [0.4, 0.5) is 4.79 Å². The lowest BCUT2D eigenvalue weighted by Gasteiger charge is -2.19. The van der Waals surface area contributed by atoms with Crippen molar-refractivity contribution < 1.29 is 19.1 Å². The van der Waals surface area contributed by atoms with Crippen LogP contribution in [0.25, 0.3) is 0 Å². The van der Waals surface area contributed by atoms with Gasteiger partial charge in [-0.2, -0.15) is 4.98 Å². The highest BCUT2D eigenvalue weighted by Gasteiger charge is 2.17. The maximum atomic E-state index is 12.8. The monoisotopic (exact) mass is 461 g/mol. The molecule has 1 aromatic heterocycles. The summed E-state index contributed by atoms with van der Waals surface area (Å²) in [4.78, 5) is 42.9. The minimum Gasteiger partial charge on any atom is -0.472 e. The molecule has 0 fully saturated rings. The largest absolute Gasteiger partial charge is 0.472 e. The van der Waals surface area contributed by atoms with Gasteiger partial charge in [0.1, 0.15) is 18.2 Å². The summed E-state index contributed by atoms with van der Waals surface area (Å²) in [5.41, 5.74) is 2.35. The fraction of sp³-hybridized carbons (Fsp3) is 0.308. The molecule has 3 aromatic rings. The number of aryl methyl sites for hydroxylation is 1. The van der Waals surface area contributed by atoms with E-state index in [-0.39, 0.29) is 17.9 Å². The van der Waals surface area contributed by atoms with Crippen molar-refractivity contribution in [3.05, 3.63) is 87.0 Å². The number of rotatable bonds is 6. The number of ether oxygens (including phenoxy) is 2. The van der Waals surface area contributed by atoms with E-state index >= 15 is 0 Å². The van der Waals surface area contributed by atoms with Crippen LogP contribution in [0.1, 0.15) is 45.7 Å². The number of ketones is 1. The van der Waals surface area contributed by atoms with Crippen molar-refractivity contribution in [3.8, 4) is 11.6 Å². The Morgan fingerprint density at radius 2 is 1.65 bits per heavy atom. The van der Waals surface area contributed by atoms with Crippen molar-refractivity contribution in [3.63, 3.8) is 0 Å². The Balaban J connectivity index is 1.41. The molecule has 1 aliphatic rings. The van der Waals surface area contributed by atoms with Gasteiger partial charge >= 0.3 is 6.09 Å². The molecule has 2 aromatic carbocycles. The molecule has 0 aliphatic carbocycles. The van der Waals surface area contributed by atoms with Crippen LogP contribution in [-0.4, -0.2) is 40.4 Å². The van der Waals surface area contributed by atoms with Gasteiger partial charge in [0.2, 0.25) is 5.88 Å². The molecule has 0 saturated heterocycles. The van der Waals surface area contributed by atoms with E-state index in [4.69, 9.17) is 9.47 Å². The Morgan fingerprint density at radius 1 is 1.00 bits per heavy atom. The van der Waals surface area contributed by atoms with Gasteiger partial charge in [0.15, 0.2) is 5.78 Å². The summed E-state index contributed by atoms with van der Waals surface area (Å²) in [6.45, 7) is 2.69. The summed E-state index contributed by atoms with van der Waals surface area (Å²) in [5, 5.41) is 0. The third-order valence-corrected chi connectivity index (χ3v) is 5.74. The average molecular weight is 462 g/mol. The van der Waals surface area contributed by atoms with Gasteiger partial charge in [-0.3, -0.25) is 14.2 Å². The Hall–Kier alpha value is -3.94. The highest BCUT2D eigenvalue weighted by molar-refractivity contribution is 6.09. The van der Waals surface area contributed by atoms with Gasteiger partial charge in [-0.25, -0.2) is 4.79 Å². The van der Waals surface area contributed by atoms with Crippen molar-refractivity contribution in [2.75, 3.05) is 14.1 Å². The first-order valence-electron chi connectivity index (χ1n) is 11.2. The van der Waals surface area contributed by atoms with Crippen LogP contribution in [0.3, 0.4) is 0 Å². The number of hydrogen-bond donors (Lipinski definition) is 0. The molecule has 34 heavy (non-hydrogen) atoms. The predicted octanol–water partition coefficient (Wildman–Crippen LogP) is 3.76. The molecule has 0 N–H and O–H groups in total. The quantitative estimate of drug-likeness (QED) is 0.519. The predicted molar refractivity (Wildman–Crippen MR) is 127 cm³/mol. The summed E-state index contributed by atoms with van der Waals surface area (Å²) >= 11 is 0. The van der Waals surface area contributed by atoms with Gasteiger partial charge in [0.25, 0.3) is 5.56 Å². The number of fused-ring (bicyclic) bond motifs is 1. The highest BCUT2D eigenvalue weighted by atomic mass is 16.6. The van der Waals surface area contributed by atoms with E-state index in [1.54, 1.807) is 62.0 Å². The summed E-state index contributed by atoms with van der Waals surface area (Å²) in [5.74, 6) is 1.38. The van der Waals surface area contributed by atoms with Gasteiger partial charge in [-0.15, -0.1) is 0 Å². The molecule has 0 radical (unpaired) electrons. The molecule has 176 valence electrons. The molecule has 0 unspecified atom stereocenters. The minimum atomic E-state index is -0.483. The molecule has 0 atom stereocenters. The fourth-order valence-corrected chi connectivity index (χ4v) is 3.72. The van der Waals surface area contributed by atoms with E-state index in [1.165, 1.54) is 4.90 Å². The zero-order valence-corrected chi connectivity index (χ0v) is 19.5. The first kappa shape index (κ1) is 23.2. The number of benzene rings is 2. The molecule has 1 aliphatic heterocycles. The van der Waals surface area contributed by atoms with E-state index in [1.807, 2.05) is 12.1 Å². The van der Waals surface area contributed by atoms with E-state index in [0.717, 1.165) is 30.7 Å². The molecule has 2 heterocycles. The first-order valence-corrected chi connectivity index (χ1v) is 11.2. The molecular formula is C26H27N3O5. The van der Waals surface area contributed by atoms with E-state index in [0.29, 0.717) is 34.9 Å². The van der Waals surface area contributed by atoms with Gasteiger partial charge in [-0.05, 0) is 49.6 Å². The Morgan fingerprint density at radius 3 is 2.29 bits per heavy atom. The summed E-state index contributed by atoms with van der Waals surface area (Å²) < 4.78 is 12.8. The third-order valence-electron chi connectivity index (χ3n) is 5.74. The van der Waals surface area contributed by atoms with E-state index in [2.05, 4.69) is 4.98 Å². The molecule has 1 amide bonds. The highest BCUT2D eigenvalue weighted by Crippen LogP contribution is 2.19. The van der Waals surface area contributed by atoms with Crippen molar-refractivity contribution in [2.24, 2.45) is 0 Å². The van der Waals surface area contributed by atoms with Crippen molar-refractivity contribution in [2.45, 2.75) is 39.3 Å². The zero-order chi connectivity index (χ0) is 24.2. The zero-order valence-electron chi connectivity index (χ0n) is 19.5. The van der Waals surface area contributed by atoms with Crippen LogP contribution in [0, 0.1) is 6.92 Å². The maximum absolute atomic E-state index is 12.8. The molecule has 8 nitrogen and oxygen atoms in total. The smallest absolute Gasteiger partial charge is 0.414 e. The third kappa shape index (κ3) is 5.01. The van der Waals surface area contributed by atoms with Gasteiger partial charge in [-0.1, -0.05) is 24.3 Å². The molecular weight excluding hydrogens is 434 g/mol. The van der Waals surface area contributed by atoms with Gasteiger partial charge in [0, 0.05) is 38.2 Å². The van der Waals surface area contributed by atoms with Crippen molar-refractivity contribution in [1.29, 1.82) is 0 Å². The number of hydrogen-bond acceptors (Lipinski definition) is 6. The number of carbonyl (C=O) groups excluding carboxylic acids is 2. The molecule has 8 heteroatoms. The lowest BCUT2D eigenvalue weighted by Crippen LogP contribution is -2.30. The molecule has 0 saturated carbocycles. The van der Waals surface area contributed by atoms with Crippen LogP contribution < -0.4 is 15.0 Å². The second-order valence-corrected chi connectivity index (χ2v) is 8.47. The van der Waals surface area contributed by atoms with Gasteiger partial charge in [0.05, 0.1) is 5.56 Å². The summed E-state index contributed by atoms with van der Waals surface area (Å²) in [6.07, 6.45) is 2.31. The number of aromatic nitrogens is 2. The average Bonchev–Trinajstić information content (AvgIpc) is 2.85. The number of amides is 1. The summed E-state index contributed by atoms with van der Waals surface area (Å²) in [6, 6.07) is 13.6. The Kier molecular flexibility index (Phi) is 6.77. The van der Waals surface area contributed by atoms with Crippen LogP contribution >= 0.6 is 0 Å². The molecule has 4 rings (SSSR count). The second-order valence-electron chi connectivity index (χ2n) is 8.47. The normalized spacial score (nSPS) is 12.6. The molecule has 0 spiro atoms. The van der Waals surface area contributed by atoms with Crippen LogP contribution in [0.5, 0.6) is 11.6 Å². The second kappa shape index (κ2) is 9.91. The van der Waals surface area contributed by atoms with E-state index in [9.17, 15) is 14.4 Å².